The van der Waals surface area contributed by atoms with Crippen LogP contribution in [0.2, 0.25) is 0 Å². The van der Waals surface area contributed by atoms with Gasteiger partial charge in [-0.05, 0) is 24.3 Å². The van der Waals surface area contributed by atoms with Crippen molar-refractivity contribution < 1.29 is 9.21 Å². The topological polar surface area (TPSA) is 59.5 Å². The monoisotopic (exact) mass is 291 g/mol. The molecule has 0 bridgehead atoms. The molecule has 0 saturated carbocycles. The Bertz CT molecular complexity index is 930. The standard InChI is InChI=1S/C17H13N3O2/c1-20-10-11(12-5-2-3-6-14(12)20)9-13-16(18-19-17(13)21)15-7-4-8-22-15/h2-10H,1H3,(H,19,21). The lowest BCUT2D eigenvalue weighted by Crippen LogP contribution is -2.13. The molecule has 0 fully saturated rings. The van der Waals surface area contributed by atoms with Crippen LogP contribution >= 0.6 is 0 Å². The molecular formula is C17H13N3O2. The van der Waals surface area contributed by atoms with Crippen LogP contribution in [0.1, 0.15) is 11.3 Å². The minimum atomic E-state index is -0.223. The van der Waals surface area contributed by atoms with Gasteiger partial charge < -0.3 is 8.98 Å². The van der Waals surface area contributed by atoms with E-state index in [9.17, 15) is 4.79 Å². The van der Waals surface area contributed by atoms with Gasteiger partial charge in [0.25, 0.3) is 5.91 Å². The molecule has 0 spiro atoms. The summed E-state index contributed by atoms with van der Waals surface area (Å²) in [6.07, 6.45) is 5.42. The van der Waals surface area contributed by atoms with Crippen LogP contribution in [-0.4, -0.2) is 16.2 Å². The van der Waals surface area contributed by atoms with Crippen LogP contribution in [0, 0.1) is 0 Å². The molecule has 0 atom stereocenters. The van der Waals surface area contributed by atoms with Crippen molar-refractivity contribution in [3.05, 3.63) is 65.8 Å². The Balaban J connectivity index is 1.87. The minimum absolute atomic E-state index is 0.223. The Kier molecular flexibility index (Phi) is 2.72. The van der Waals surface area contributed by atoms with Gasteiger partial charge in [0, 0.05) is 29.7 Å². The molecule has 4 rings (SSSR count). The Morgan fingerprint density at radius 1 is 1.23 bits per heavy atom. The Hall–Kier alpha value is -3.08. The van der Waals surface area contributed by atoms with E-state index in [4.69, 9.17) is 4.42 Å². The van der Waals surface area contributed by atoms with Gasteiger partial charge in [0.05, 0.1) is 11.8 Å². The van der Waals surface area contributed by atoms with Crippen LogP contribution in [-0.2, 0) is 11.8 Å². The second-order valence-electron chi connectivity index (χ2n) is 5.15. The second kappa shape index (κ2) is 4.73. The maximum absolute atomic E-state index is 12.1. The number of hydrogen-bond acceptors (Lipinski definition) is 3. The van der Waals surface area contributed by atoms with Crippen molar-refractivity contribution in [2.24, 2.45) is 12.1 Å². The number of hydrogen-bond donors (Lipinski definition) is 1. The van der Waals surface area contributed by atoms with Crippen LogP contribution in [0.3, 0.4) is 0 Å². The molecule has 3 aromatic rings. The molecular weight excluding hydrogens is 278 g/mol. The molecule has 2 aromatic heterocycles. The molecule has 1 aromatic carbocycles. The lowest BCUT2D eigenvalue weighted by atomic mass is 10.0. The highest BCUT2D eigenvalue weighted by atomic mass is 16.3. The average Bonchev–Trinajstić information content (AvgIpc) is 3.23. The zero-order chi connectivity index (χ0) is 15.1. The summed E-state index contributed by atoms with van der Waals surface area (Å²) >= 11 is 0. The molecule has 5 heteroatoms. The van der Waals surface area contributed by atoms with Gasteiger partial charge in [-0.15, -0.1) is 0 Å². The number of nitrogens with one attached hydrogen (secondary N) is 1. The third kappa shape index (κ3) is 1.87. The summed E-state index contributed by atoms with van der Waals surface area (Å²) < 4.78 is 7.40. The van der Waals surface area contributed by atoms with Gasteiger partial charge in [-0.1, -0.05) is 18.2 Å². The third-order valence-corrected chi connectivity index (χ3v) is 3.75. The fourth-order valence-electron chi connectivity index (χ4n) is 2.71. The van der Waals surface area contributed by atoms with Gasteiger partial charge in [0.1, 0.15) is 5.71 Å². The number of benzene rings is 1. The SMILES string of the molecule is Cn1cc(C=C2C(=O)NN=C2c2ccco2)c2ccccc21. The summed E-state index contributed by atoms with van der Waals surface area (Å²) in [5.74, 6) is 0.351. The number of amides is 1. The molecule has 1 aliphatic heterocycles. The minimum Gasteiger partial charge on any atom is -0.463 e. The van der Waals surface area contributed by atoms with Crippen LogP contribution in [0.4, 0.5) is 0 Å². The van der Waals surface area contributed by atoms with Gasteiger partial charge in [-0.25, -0.2) is 5.43 Å². The molecule has 108 valence electrons. The molecule has 0 saturated heterocycles. The number of carbonyl (C=O) groups excluding carboxylic acids is 1. The van der Waals surface area contributed by atoms with Crippen molar-refractivity contribution in [1.29, 1.82) is 0 Å². The van der Waals surface area contributed by atoms with E-state index in [2.05, 4.69) is 10.5 Å². The Morgan fingerprint density at radius 2 is 2.09 bits per heavy atom. The van der Waals surface area contributed by atoms with E-state index < -0.39 is 0 Å². The average molecular weight is 291 g/mol. The van der Waals surface area contributed by atoms with Gasteiger partial charge in [0.15, 0.2) is 5.76 Å². The smallest absolute Gasteiger partial charge is 0.273 e. The van der Waals surface area contributed by atoms with E-state index in [1.165, 1.54) is 0 Å². The first-order valence-electron chi connectivity index (χ1n) is 6.92. The molecule has 22 heavy (non-hydrogen) atoms. The second-order valence-corrected chi connectivity index (χ2v) is 5.15. The molecule has 5 nitrogen and oxygen atoms in total. The van der Waals surface area contributed by atoms with Crippen LogP contribution in [0.5, 0.6) is 0 Å². The van der Waals surface area contributed by atoms with Crippen molar-refractivity contribution in [2.75, 3.05) is 0 Å². The van der Waals surface area contributed by atoms with E-state index in [0.29, 0.717) is 17.0 Å². The van der Waals surface area contributed by atoms with Crippen molar-refractivity contribution >= 4 is 28.6 Å². The summed E-state index contributed by atoms with van der Waals surface area (Å²) in [6.45, 7) is 0. The number of aryl methyl sites for hydroxylation is 1. The van der Waals surface area contributed by atoms with Gasteiger partial charge in [0.2, 0.25) is 0 Å². The summed E-state index contributed by atoms with van der Waals surface area (Å²) in [5.41, 5.74) is 5.62. The largest absolute Gasteiger partial charge is 0.463 e. The van der Waals surface area contributed by atoms with E-state index in [-0.39, 0.29) is 5.91 Å². The lowest BCUT2D eigenvalue weighted by Gasteiger charge is -1.98. The zero-order valence-corrected chi connectivity index (χ0v) is 11.9. The highest BCUT2D eigenvalue weighted by Crippen LogP contribution is 2.25. The Labute approximate surface area is 126 Å². The maximum Gasteiger partial charge on any atom is 0.273 e. The summed E-state index contributed by atoms with van der Waals surface area (Å²) in [5, 5.41) is 5.17. The van der Waals surface area contributed by atoms with Gasteiger partial charge in [-0.3, -0.25) is 4.79 Å². The number of hydrazone groups is 1. The van der Waals surface area contributed by atoms with Crippen molar-refractivity contribution in [2.45, 2.75) is 0 Å². The number of nitrogens with zero attached hydrogens (tertiary/aromatic N) is 2. The lowest BCUT2D eigenvalue weighted by molar-refractivity contribution is -0.116. The number of furan rings is 1. The molecule has 1 amide bonds. The normalized spacial score (nSPS) is 16.3. The fraction of sp³-hybridized carbons (Fsp3) is 0.0588. The number of rotatable bonds is 2. The van der Waals surface area contributed by atoms with Gasteiger partial charge >= 0.3 is 0 Å². The predicted octanol–water partition coefficient (Wildman–Crippen LogP) is 2.69. The molecule has 1 N–H and O–H groups in total. The van der Waals surface area contributed by atoms with Crippen molar-refractivity contribution in [3.8, 4) is 0 Å². The van der Waals surface area contributed by atoms with Crippen LogP contribution in [0.15, 0.2) is 63.9 Å². The summed E-state index contributed by atoms with van der Waals surface area (Å²) in [4.78, 5) is 12.1. The summed E-state index contributed by atoms with van der Waals surface area (Å²) in [6, 6.07) is 11.6. The molecule has 0 aliphatic carbocycles. The highest BCUT2D eigenvalue weighted by molar-refractivity contribution is 6.32. The van der Waals surface area contributed by atoms with Crippen LogP contribution in [0.25, 0.3) is 17.0 Å². The molecule has 1 aliphatic rings. The fourth-order valence-corrected chi connectivity index (χ4v) is 2.71. The van der Waals surface area contributed by atoms with E-state index in [0.717, 1.165) is 16.5 Å². The quantitative estimate of drug-likeness (QED) is 0.738. The predicted molar refractivity (Wildman–Crippen MR) is 84.3 cm³/mol. The third-order valence-electron chi connectivity index (χ3n) is 3.75. The van der Waals surface area contributed by atoms with E-state index in [1.807, 2.05) is 48.2 Å². The maximum atomic E-state index is 12.1. The Morgan fingerprint density at radius 3 is 2.91 bits per heavy atom. The van der Waals surface area contributed by atoms with Gasteiger partial charge in [-0.2, -0.15) is 5.10 Å². The van der Waals surface area contributed by atoms with Crippen molar-refractivity contribution in [3.63, 3.8) is 0 Å². The molecule has 0 radical (unpaired) electrons. The number of para-hydroxylation sites is 1. The first kappa shape index (κ1) is 12.6. The first-order chi connectivity index (χ1) is 10.7. The zero-order valence-electron chi connectivity index (χ0n) is 11.9. The van der Waals surface area contributed by atoms with Crippen LogP contribution < -0.4 is 5.43 Å². The first-order valence-corrected chi connectivity index (χ1v) is 6.92. The summed E-state index contributed by atoms with van der Waals surface area (Å²) in [7, 11) is 1.99. The van der Waals surface area contributed by atoms with E-state index >= 15 is 0 Å². The van der Waals surface area contributed by atoms with E-state index in [1.54, 1.807) is 18.4 Å². The number of fused-ring (bicyclic) bond motifs is 1. The van der Waals surface area contributed by atoms with Crippen molar-refractivity contribution in [1.82, 2.24) is 9.99 Å². The number of carbonyl (C=O) groups is 1. The number of aromatic nitrogens is 1. The highest BCUT2D eigenvalue weighted by Gasteiger charge is 2.26. The molecule has 0 unspecified atom stereocenters. The molecule has 3 heterocycles.